The van der Waals surface area contributed by atoms with Crippen molar-refractivity contribution in [2.45, 2.75) is 6.23 Å². The minimum absolute atomic E-state index is 0.650. The fraction of sp³-hybridized carbons (Fsp3) is 0.0667. The molecule has 0 fully saturated rings. The zero-order valence-corrected chi connectivity index (χ0v) is 9.82. The van der Waals surface area contributed by atoms with E-state index in [1.807, 2.05) is 66.7 Å². The topological polar surface area (TPSA) is 35.5 Å². The van der Waals surface area contributed by atoms with Crippen molar-refractivity contribution in [3.63, 3.8) is 0 Å². The van der Waals surface area contributed by atoms with Gasteiger partial charge in [-0.3, -0.25) is 10.4 Å². The number of rotatable bonds is 2. The number of aliphatic hydroxyl groups is 1. The van der Waals surface area contributed by atoms with Gasteiger partial charge in [-0.1, -0.05) is 48.5 Å². The molecule has 0 spiro atoms. The number of hydrogen-bond acceptors (Lipinski definition) is 3. The van der Waals surface area contributed by atoms with Crippen molar-refractivity contribution in [1.29, 1.82) is 0 Å². The van der Waals surface area contributed by atoms with Crippen molar-refractivity contribution >= 4 is 11.4 Å². The first kappa shape index (κ1) is 10.9. The molecule has 0 saturated carbocycles. The minimum atomic E-state index is -0.650. The smallest absolute Gasteiger partial charge is 0.166 e. The number of hydrazine groups is 1. The van der Waals surface area contributed by atoms with Gasteiger partial charge in [0.25, 0.3) is 0 Å². The Bertz CT molecular complexity index is 551. The molecule has 1 heterocycles. The summed E-state index contributed by atoms with van der Waals surface area (Å²) in [7, 11) is 0. The van der Waals surface area contributed by atoms with Crippen LogP contribution in [0.3, 0.4) is 0 Å². The number of nitrogens with zero attached hydrogens (tertiary/aromatic N) is 1. The van der Waals surface area contributed by atoms with Crippen molar-refractivity contribution in [1.82, 2.24) is 5.43 Å². The SMILES string of the molecule is OC1C=C(c2ccccc2)NN1c1ccccc1. The molecule has 1 aliphatic heterocycles. The molecule has 0 radical (unpaired) electrons. The van der Waals surface area contributed by atoms with Gasteiger partial charge in [0.05, 0.1) is 11.4 Å². The summed E-state index contributed by atoms with van der Waals surface area (Å²) in [5.74, 6) is 0. The van der Waals surface area contributed by atoms with Crippen molar-refractivity contribution in [3.05, 3.63) is 72.3 Å². The van der Waals surface area contributed by atoms with Crippen LogP contribution in [0.1, 0.15) is 5.56 Å². The van der Waals surface area contributed by atoms with E-state index in [1.165, 1.54) is 0 Å². The van der Waals surface area contributed by atoms with E-state index in [-0.39, 0.29) is 0 Å². The van der Waals surface area contributed by atoms with Crippen LogP contribution < -0.4 is 10.4 Å². The highest BCUT2D eigenvalue weighted by Crippen LogP contribution is 2.24. The summed E-state index contributed by atoms with van der Waals surface area (Å²) < 4.78 is 0. The van der Waals surface area contributed by atoms with Crippen LogP contribution in [0, 0.1) is 0 Å². The highest BCUT2D eigenvalue weighted by molar-refractivity contribution is 5.70. The molecule has 0 bridgehead atoms. The Labute approximate surface area is 106 Å². The second-order valence-electron chi connectivity index (χ2n) is 4.18. The molecular weight excluding hydrogens is 224 g/mol. The van der Waals surface area contributed by atoms with Crippen LogP contribution >= 0.6 is 0 Å². The zero-order valence-electron chi connectivity index (χ0n) is 9.82. The van der Waals surface area contributed by atoms with Crippen LogP contribution in [-0.2, 0) is 0 Å². The highest BCUT2D eigenvalue weighted by Gasteiger charge is 2.22. The van der Waals surface area contributed by atoms with Crippen LogP contribution in [0.15, 0.2) is 66.7 Å². The van der Waals surface area contributed by atoms with Crippen molar-refractivity contribution in [3.8, 4) is 0 Å². The van der Waals surface area contributed by atoms with Gasteiger partial charge in [0.2, 0.25) is 0 Å². The average Bonchev–Trinajstić information content (AvgIpc) is 2.83. The third-order valence-corrected chi connectivity index (χ3v) is 2.94. The van der Waals surface area contributed by atoms with Crippen molar-refractivity contribution in [2.24, 2.45) is 0 Å². The van der Waals surface area contributed by atoms with E-state index >= 15 is 0 Å². The van der Waals surface area contributed by atoms with Gasteiger partial charge in [0.15, 0.2) is 6.23 Å². The van der Waals surface area contributed by atoms with Gasteiger partial charge in [-0.15, -0.1) is 0 Å². The number of anilines is 1. The van der Waals surface area contributed by atoms with E-state index in [1.54, 1.807) is 5.01 Å². The van der Waals surface area contributed by atoms with Gasteiger partial charge < -0.3 is 5.11 Å². The Morgan fingerprint density at radius 2 is 1.50 bits per heavy atom. The van der Waals surface area contributed by atoms with Gasteiger partial charge in [-0.2, -0.15) is 0 Å². The number of nitrogens with one attached hydrogen (secondary N) is 1. The van der Waals surface area contributed by atoms with Crippen molar-refractivity contribution < 1.29 is 5.11 Å². The Hall–Kier alpha value is -2.26. The molecule has 1 aliphatic rings. The monoisotopic (exact) mass is 238 g/mol. The maximum absolute atomic E-state index is 10.1. The highest BCUT2D eigenvalue weighted by atomic mass is 16.3. The van der Waals surface area contributed by atoms with Crippen LogP contribution in [0.25, 0.3) is 5.70 Å². The summed E-state index contributed by atoms with van der Waals surface area (Å²) >= 11 is 0. The standard InChI is InChI=1S/C15H14N2O/c18-15-11-14(12-7-3-1-4-8-12)16-17(15)13-9-5-2-6-10-13/h1-11,15-16,18H. The van der Waals surface area contributed by atoms with Gasteiger partial charge in [-0.05, 0) is 23.8 Å². The van der Waals surface area contributed by atoms with E-state index in [2.05, 4.69) is 5.43 Å². The first-order valence-electron chi connectivity index (χ1n) is 5.91. The summed E-state index contributed by atoms with van der Waals surface area (Å²) in [6.45, 7) is 0. The van der Waals surface area contributed by atoms with Crippen LogP contribution in [0.5, 0.6) is 0 Å². The van der Waals surface area contributed by atoms with Crippen LogP contribution in [0.4, 0.5) is 5.69 Å². The largest absolute Gasteiger partial charge is 0.368 e. The fourth-order valence-corrected chi connectivity index (χ4v) is 2.04. The molecule has 3 nitrogen and oxygen atoms in total. The van der Waals surface area contributed by atoms with E-state index in [4.69, 9.17) is 0 Å². The second kappa shape index (κ2) is 4.55. The zero-order chi connectivity index (χ0) is 12.4. The Balaban J connectivity index is 1.85. The summed E-state index contributed by atoms with van der Waals surface area (Å²) in [5.41, 5.74) is 6.14. The molecular formula is C15H14N2O. The van der Waals surface area contributed by atoms with Gasteiger partial charge >= 0.3 is 0 Å². The lowest BCUT2D eigenvalue weighted by Gasteiger charge is -2.23. The molecule has 0 amide bonds. The summed E-state index contributed by atoms with van der Waals surface area (Å²) in [6, 6.07) is 19.7. The van der Waals surface area contributed by atoms with E-state index in [0.29, 0.717) is 0 Å². The minimum Gasteiger partial charge on any atom is -0.368 e. The molecule has 0 aliphatic carbocycles. The molecule has 2 N–H and O–H groups in total. The van der Waals surface area contributed by atoms with Gasteiger partial charge in [-0.25, -0.2) is 0 Å². The summed E-state index contributed by atoms with van der Waals surface area (Å²) in [4.78, 5) is 0. The summed E-state index contributed by atoms with van der Waals surface area (Å²) in [6.07, 6.45) is 1.16. The molecule has 18 heavy (non-hydrogen) atoms. The molecule has 90 valence electrons. The van der Waals surface area contributed by atoms with E-state index in [9.17, 15) is 5.11 Å². The van der Waals surface area contributed by atoms with E-state index in [0.717, 1.165) is 16.9 Å². The molecule has 3 rings (SSSR count). The first-order valence-corrected chi connectivity index (χ1v) is 5.91. The Morgan fingerprint density at radius 3 is 2.17 bits per heavy atom. The molecule has 2 aromatic rings. The van der Waals surface area contributed by atoms with Gasteiger partial charge in [0, 0.05) is 0 Å². The maximum atomic E-state index is 10.1. The molecule has 2 aromatic carbocycles. The van der Waals surface area contributed by atoms with Crippen LogP contribution in [0.2, 0.25) is 0 Å². The average molecular weight is 238 g/mol. The fourth-order valence-electron chi connectivity index (χ4n) is 2.04. The Kier molecular flexibility index (Phi) is 2.74. The third kappa shape index (κ3) is 1.96. The molecule has 3 heteroatoms. The normalized spacial score (nSPS) is 18.4. The number of para-hydroxylation sites is 1. The number of benzene rings is 2. The molecule has 1 unspecified atom stereocenters. The first-order chi connectivity index (χ1) is 8.84. The summed E-state index contributed by atoms with van der Waals surface area (Å²) in [5, 5.41) is 11.8. The molecule has 0 aromatic heterocycles. The Morgan fingerprint density at radius 1 is 0.889 bits per heavy atom. The third-order valence-electron chi connectivity index (χ3n) is 2.94. The number of hydrogen-bond donors (Lipinski definition) is 2. The lowest BCUT2D eigenvalue weighted by Crippen LogP contribution is -2.38. The number of aliphatic hydroxyl groups excluding tert-OH is 1. The van der Waals surface area contributed by atoms with Gasteiger partial charge in [0.1, 0.15) is 0 Å². The lowest BCUT2D eigenvalue weighted by molar-refractivity contribution is 0.219. The van der Waals surface area contributed by atoms with E-state index < -0.39 is 6.23 Å². The predicted octanol–water partition coefficient (Wildman–Crippen LogP) is 2.37. The molecule has 1 atom stereocenters. The second-order valence-corrected chi connectivity index (χ2v) is 4.18. The lowest BCUT2D eigenvalue weighted by atomic mass is 10.1. The predicted molar refractivity (Wildman–Crippen MR) is 72.5 cm³/mol. The quantitative estimate of drug-likeness (QED) is 0.843. The van der Waals surface area contributed by atoms with Crippen molar-refractivity contribution in [2.75, 3.05) is 5.01 Å². The maximum Gasteiger partial charge on any atom is 0.166 e. The molecule has 0 saturated heterocycles. The van der Waals surface area contributed by atoms with Crippen LogP contribution in [-0.4, -0.2) is 11.3 Å².